The second kappa shape index (κ2) is 9.85. The Bertz CT molecular complexity index is 732. The summed E-state index contributed by atoms with van der Waals surface area (Å²) in [5, 5.41) is 11.5. The molecule has 1 aromatic carbocycles. The van der Waals surface area contributed by atoms with E-state index in [2.05, 4.69) is 5.32 Å². The highest BCUT2D eigenvalue weighted by molar-refractivity contribution is 7.59. The number of likely N-dealkylation sites (tertiary alicyclic amines) is 1. The molecule has 27 heavy (non-hydrogen) atoms. The third-order valence-corrected chi connectivity index (χ3v) is 4.07. The monoisotopic (exact) mass is 415 g/mol. The Morgan fingerprint density at radius 1 is 1.33 bits per heavy atom. The molecule has 0 spiro atoms. The molecule has 150 valence electrons. The van der Waals surface area contributed by atoms with E-state index in [1.807, 2.05) is 0 Å². The Labute approximate surface area is 172 Å². The smallest absolute Gasteiger partial charge is 0.410 e. The summed E-state index contributed by atoms with van der Waals surface area (Å²) >= 11 is 0. The van der Waals surface area contributed by atoms with E-state index in [0.29, 0.717) is 18.7 Å². The Balaban J connectivity index is 0.00000338. The average Bonchev–Trinajstić information content (AvgIpc) is 2.89. The maximum atomic E-state index is 13.4. The molecule has 2 amide bonds. The summed E-state index contributed by atoms with van der Waals surface area (Å²) in [5.74, 6) is -1.30. The lowest BCUT2D eigenvalue weighted by atomic mass is 10.0. The van der Waals surface area contributed by atoms with Crippen LogP contribution in [0.5, 0.6) is 0 Å². The molecule has 1 fully saturated rings. The minimum absolute atomic E-state index is 0. The van der Waals surface area contributed by atoms with Crippen LogP contribution in [0, 0.1) is 23.1 Å². The highest BCUT2D eigenvalue weighted by atomic mass is 32.1. The first-order valence-electron chi connectivity index (χ1n) is 8.12. The number of nitriles is 1. The normalized spacial score (nSPS) is 18.6. The minimum Gasteiger partial charge on any atom is -0.444 e. The fraction of sp³-hybridized carbons (Fsp3) is 0.500. The zero-order chi connectivity index (χ0) is 18.8. The SMILES string of the molecule is C[C@H]1[C@@H](C(=O)Nc2ccc(F)c(C#N)c2)CCN1C(=O)OC(C)(C)C.S.S. The van der Waals surface area contributed by atoms with Crippen LogP contribution in [0.1, 0.15) is 39.7 Å². The molecule has 0 aliphatic carbocycles. The van der Waals surface area contributed by atoms with Crippen LogP contribution < -0.4 is 5.32 Å². The van der Waals surface area contributed by atoms with Gasteiger partial charge in [-0.25, -0.2) is 9.18 Å². The number of nitrogens with one attached hydrogen (secondary N) is 1. The van der Waals surface area contributed by atoms with E-state index in [1.165, 1.54) is 12.1 Å². The van der Waals surface area contributed by atoms with Crippen LogP contribution in [-0.2, 0) is 9.53 Å². The summed E-state index contributed by atoms with van der Waals surface area (Å²) in [6.07, 6.45) is 0.0716. The second-order valence-electron chi connectivity index (χ2n) is 7.11. The van der Waals surface area contributed by atoms with Gasteiger partial charge in [0.15, 0.2) is 0 Å². The second-order valence-corrected chi connectivity index (χ2v) is 7.11. The van der Waals surface area contributed by atoms with Gasteiger partial charge in [-0.2, -0.15) is 32.3 Å². The number of carbonyl (C=O) groups is 2. The van der Waals surface area contributed by atoms with Gasteiger partial charge in [0.2, 0.25) is 5.91 Å². The molecule has 1 aliphatic heterocycles. The van der Waals surface area contributed by atoms with Crippen molar-refractivity contribution < 1.29 is 18.7 Å². The lowest BCUT2D eigenvalue weighted by Gasteiger charge is -2.28. The van der Waals surface area contributed by atoms with Crippen molar-refractivity contribution in [1.29, 1.82) is 5.26 Å². The van der Waals surface area contributed by atoms with Gasteiger partial charge < -0.3 is 15.0 Å². The van der Waals surface area contributed by atoms with Crippen molar-refractivity contribution in [3.05, 3.63) is 29.6 Å². The molecule has 2 atom stereocenters. The van der Waals surface area contributed by atoms with Crippen molar-refractivity contribution in [3.8, 4) is 6.07 Å². The third-order valence-electron chi connectivity index (χ3n) is 4.07. The molecule has 0 bridgehead atoms. The van der Waals surface area contributed by atoms with Crippen LogP contribution in [0.4, 0.5) is 14.9 Å². The molecule has 1 aliphatic rings. The summed E-state index contributed by atoms with van der Waals surface area (Å²) < 4.78 is 18.7. The first-order chi connectivity index (χ1) is 11.6. The molecule has 0 aromatic heterocycles. The number of anilines is 1. The van der Waals surface area contributed by atoms with E-state index in [0.717, 1.165) is 6.07 Å². The van der Waals surface area contributed by atoms with Gasteiger partial charge >= 0.3 is 6.09 Å². The number of rotatable bonds is 2. The lowest BCUT2D eigenvalue weighted by Crippen LogP contribution is -2.41. The molecular formula is C18H26FN3O3S2. The topological polar surface area (TPSA) is 82.4 Å². The van der Waals surface area contributed by atoms with Crippen molar-refractivity contribution in [3.63, 3.8) is 0 Å². The highest BCUT2D eigenvalue weighted by Gasteiger charge is 2.39. The number of hydrogen-bond acceptors (Lipinski definition) is 4. The van der Waals surface area contributed by atoms with E-state index >= 15 is 0 Å². The summed E-state index contributed by atoms with van der Waals surface area (Å²) in [6.45, 7) is 7.60. The molecule has 1 heterocycles. The number of benzene rings is 1. The van der Waals surface area contributed by atoms with Crippen molar-refractivity contribution >= 4 is 44.7 Å². The van der Waals surface area contributed by atoms with Gasteiger partial charge in [-0.1, -0.05) is 0 Å². The van der Waals surface area contributed by atoms with Crippen molar-refractivity contribution in [1.82, 2.24) is 4.90 Å². The fourth-order valence-corrected chi connectivity index (χ4v) is 2.79. The van der Waals surface area contributed by atoms with Crippen LogP contribution in [0.15, 0.2) is 18.2 Å². The maximum Gasteiger partial charge on any atom is 0.410 e. The zero-order valence-corrected chi connectivity index (χ0v) is 17.8. The van der Waals surface area contributed by atoms with E-state index < -0.39 is 23.4 Å². The molecule has 9 heteroatoms. The van der Waals surface area contributed by atoms with Crippen LogP contribution in [0.25, 0.3) is 0 Å². The minimum atomic E-state index is -0.633. The predicted octanol–water partition coefficient (Wildman–Crippen LogP) is 3.51. The van der Waals surface area contributed by atoms with Gasteiger partial charge in [0.25, 0.3) is 0 Å². The Morgan fingerprint density at radius 3 is 2.52 bits per heavy atom. The van der Waals surface area contributed by atoms with E-state index in [1.54, 1.807) is 38.7 Å². The van der Waals surface area contributed by atoms with Crippen LogP contribution in [-0.4, -0.2) is 35.1 Å². The van der Waals surface area contributed by atoms with Crippen molar-refractivity contribution in [2.24, 2.45) is 5.92 Å². The van der Waals surface area contributed by atoms with Crippen molar-refractivity contribution in [2.75, 3.05) is 11.9 Å². The summed E-state index contributed by atoms with van der Waals surface area (Å²) in [6, 6.07) is 5.25. The molecule has 2 rings (SSSR count). The standard InChI is InChI=1S/C18H22FN3O3.2H2S/c1-11-14(7-8-22(11)17(24)25-18(2,3)4)16(23)21-13-5-6-15(19)12(9-13)10-20;;/h5-6,9,11,14H,7-8H2,1-4H3,(H,21,23);2*1H2/t11-,14-;;/m0../s1. The van der Waals surface area contributed by atoms with E-state index in [4.69, 9.17) is 10.00 Å². The van der Waals surface area contributed by atoms with Gasteiger partial charge in [0, 0.05) is 18.3 Å². The molecule has 0 unspecified atom stereocenters. The third kappa shape index (κ3) is 6.33. The Morgan fingerprint density at radius 2 is 1.96 bits per heavy atom. The summed E-state index contributed by atoms with van der Waals surface area (Å²) in [7, 11) is 0. The Hall–Kier alpha value is -1.92. The number of carbonyl (C=O) groups excluding carboxylic acids is 2. The van der Waals surface area contributed by atoms with Crippen LogP contribution >= 0.6 is 27.0 Å². The number of hydrogen-bond donors (Lipinski definition) is 1. The van der Waals surface area contributed by atoms with Gasteiger partial charge in [0.1, 0.15) is 17.5 Å². The van der Waals surface area contributed by atoms with Gasteiger partial charge in [-0.3, -0.25) is 4.79 Å². The molecule has 1 aromatic rings. The highest BCUT2D eigenvalue weighted by Crippen LogP contribution is 2.27. The number of nitrogens with zero attached hydrogens (tertiary/aromatic N) is 2. The fourth-order valence-electron chi connectivity index (χ4n) is 2.79. The van der Waals surface area contributed by atoms with E-state index in [9.17, 15) is 14.0 Å². The van der Waals surface area contributed by atoms with Crippen LogP contribution in [0.3, 0.4) is 0 Å². The summed E-state index contributed by atoms with van der Waals surface area (Å²) in [4.78, 5) is 26.3. The van der Waals surface area contributed by atoms with Crippen molar-refractivity contribution in [2.45, 2.75) is 45.8 Å². The lowest BCUT2D eigenvalue weighted by molar-refractivity contribution is -0.120. The van der Waals surface area contributed by atoms with E-state index in [-0.39, 0.29) is 44.5 Å². The first kappa shape index (κ1) is 25.1. The largest absolute Gasteiger partial charge is 0.444 e. The molecule has 6 nitrogen and oxygen atoms in total. The predicted molar refractivity (Wildman–Crippen MR) is 111 cm³/mol. The average molecular weight is 416 g/mol. The van der Waals surface area contributed by atoms with Crippen LogP contribution in [0.2, 0.25) is 0 Å². The Kier molecular flexibility index (Phi) is 9.15. The number of halogens is 1. The van der Waals surface area contributed by atoms with Gasteiger partial charge in [-0.15, -0.1) is 0 Å². The molecule has 1 saturated heterocycles. The van der Waals surface area contributed by atoms with Gasteiger partial charge in [0.05, 0.1) is 11.5 Å². The number of amides is 2. The quantitative estimate of drug-likeness (QED) is 0.801. The number of ether oxygens (including phenoxy) is 1. The van der Waals surface area contributed by atoms with Gasteiger partial charge in [-0.05, 0) is 52.3 Å². The molecular weight excluding hydrogens is 389 g/mol. The molecule has 0 radical (unpaired) electrons. The summed E-state index contributed by atoms with van der Waals surface area (Å²) in [5.41, 5.74) is -0.377. The molecule has 1 N–H and O–H groups in total. The first-order valence-corrected chi connectivity index (χ1v) is 8.12. The maximum absolute atomic E-state index is 13.4. The molecule has 0 saturated carbocycles. The zero-order valence-electron chi connectivity index (χ0n) is 15.8.